The Hall–Kier alpha value is -2.17. The van der Waals surface area contributed by atoms with E-state index in [2.05, 4.69) is 5.32 Å². The van der Waals surface area contributed by atoms with Crippen LogP contribution in [-0.2, 0) is 9.59 Å². The summed E-state index contributed by atoms with van der Waals surface area (Å²) in [6.45, 7) is 1.24. The Labute approximate surface area is 129 Å². The average Bonchev–Trinajstić information content (AvgIpc) is 2.91. The minimum atomic E-state index is -0.296. The van der Waals surface area contributed by atoms with Gasteiger partial charge in [-0.15, -0.1) is 0 Å². The van der Waals surface area contributed by atoms with Crippen molar-refractivity contribution in [2.45, 2.75) is 25.3 Å². The first-order chi connectivity index (χ1) is 10.7. The summed E-state index contributed by atoms with van der Waals surface area (Å²) in [5.74, 6) is -0.300. The van der Waals surface area contributed by atoms with E-state index < -0.39 is 0 Å². The van der Waals surface area contributed by atoms with Gasteiger partial charge in [-0.05, 0) is 18.9 Å². The summed E-state index contributed by atoms with van der Waals surface area (Å²) in [6.07, 6.45) is 5.26. The van der Waals surface area contributed by atoms with Gasteiger partial charge in [-0.3, -0.25) is 9.59 Å². The maximum absolute atomic E-state index is 13.5. The van der Waals surface area contributed by atoms with Gasteiger partial charge in [0, 0.05) is 25.1 Å². The number of likely N-dealkylation sites (tertiary alicyclic amines) is 1. The molecule has 0 saturated carbocycles. The summed E-state index contributed by atoms with van der Waals surface area (Å²) in [5.41, 5.74) is 0.476. The molecule has 1 aromatic rings. The lowest BCUT2D eigenvalue weighted by Crippen LogP contribution is -2.48. The first-order valence-electron chi connectivity index (χ1n) is 7.65. The molecule has 2 amide bonds. The molecule has 0 aliphatic carbocycles. The Bertz CT molecular complexity index is 614. The predicted molar refractivity (Wildman–Crippen MR) is 81.3 cm³/mol. The fraction of sp³-hybridized carbons (Fsp3) is 0.412. The lowest BCUT2D eigenvalue weighted by Gasteiger charge is -2.35. The van der Waals surface area contributed by atoms with Gasteiger partial charge in [0.05, 0.1) is 12.0 Å². The van der Waals surface area contributed by atoms with Crippen LogP contribution in [0, 0.1) is 11.7 Å². The number of carbonyl (C=O) groups excluding carboxylic acids is 2. The molecule has 4 nitrogen and oxygen atoms in total. The van der Waals surface area contributed by atoms with Crippen molar-refractivity contribution in [3.63, 3.8) is 0 Å². The van der Waals surface area contributed by atoms with E-state index in [4.69, 9.17) is 0 Å². The number of carbonyl (C=O) groups is 2. The Morgan fingerprint density at radius 1 is 1.41 bits per heavy atom. The lowest BCUT2D eigenvalue weighted by atomic mass is 9.91. The van der Waals surface area contributed by atoms with Gasteiger partial charge < -0.3 is 10.2 Å². The highest BCUT2D eigenvalue weighted by Gasteiger charge is 2.42. The van der Waals surface area contributed by atoms with Crippen LogP contribution in [0.5, 0.6) is 0 Å². The monoisotopic (exact) mass is 302 g/mol. The van der Waals surface area contributed by atoms with Crippen molar-refractivity contribution < 1.29 is 14.0 Å². The number of amides is 2. The Morgan fingerprint density at radius 3 is 3.05 bits per heavy atom. The molecule has 2 aliphatic heterocycles. The third-order valence-electron chi connectivity index (χ3n) is 4.42. The molecular formula is C17H19FN2O2. The second kappa shape index (κ2) is 6.30. The predicted octanol–water partition coefficient (Wildman–Crippen LogP) is 1.97. The molecular weight excluding hydrogens is 283 g/mol. The van der Waals surface area contributed by atoms with Gasteiger partial charge >= 0.3 is 0 Å². The number of nitrogens with one attached hydrogen (secondary N) is 1. The molecule has 0 aromatic heterocycles. The SMILES string of the molecule is O=C1NC[C@@H]2[C@H]1CCCN2C(=O)C/C=C/c1ccccc1F. The second-order valence-electron chi connectivity index (χ2n) is 5.78. The molecule has 0 spiro atoms. The number of hydrogen-bond acceptors (Lipinski definition) is 2. The quantitative estimate of drug-likeness (QED) is 0.928. The van der Waals surface area contributed by atoms with Crippen LogP contribution < -0.4 is 5.32 Å². The molecule has 0 bridgehead atoms. The summed E-state index contributed by atoms with van der Waals surface area (Å²) in [5, 5.41) is 2.84. The van der Waals surface area contributed by atoms with Gasteiger partial charge in [0.2, 0.25) is 11.8 Å². The molecule has 2 aliphatic rings. The third kappa shape index (κ3) is 2.89. The van der Waals surface area contributed by atoms with Crippen molar-refractivity contribution >= 4 is 17.9 Å². The molecule has 116 valence electrons. The van der Waals surface area contributed by atoms with Crippen molar-refractivity contribution in [1.29, 1.82) is 0 Å². The Kier molecular flexibility index (Phi) is 4.22. The maximum atomic E-state index is 13.5. The fourth-order valence-electron chi connectivity index (χ4n) is 3.28. The van der Waals surface area contributed by atoms with Crippen LogP contribution in [0.4, 0.5) is 4.39 Å². The van der Waals surface area contributed by atoms with E-state index in [1.807, 2.05) is 0 Å². The summed E-state index contributed by atoms with van der Waals surface area (Å²) in [6, 6.07) is 6.45. The largest absolute Gasteiger partial charge is 0.354 e. The zero-order valence-electron chi connectivity index (χ0n) is 12.3. The van der Waals surface area contributed by atoms with Crippen molar-refractivity contribution in [3.05, 3.63) is 41.7 Å². The van der Waals surface area contributed by atoms with E-state index in [-0.39, 0.29) is 36.0 Å². The van der Waals surface area contributed by atoms with Crippen LogP contribution in [-0.4, -0.2) is 35.8 Å². The smallest absolute Gasteiger partial charge is 0.226 e. The molecule has 0 unspecified atom stereocenters. The standard InChI is InChI=1S/C17H19FN2O2/c18-14-8-2-1-5-12(14)6-3-9-16(21)20-10-4-7-13-15(20)11-19-17(13)22/h1-3,5-6,8,13,15H,4,7,9-11H2,(H,19,22)/b6-3+/t13-,15-/m1/s1. The first-order valence-corrected chi connectivity index (χ1v) is 7.65. The molecule has 3 rings (SSSR count). The topological polar surface area (TPSA) is 49.4 Å². The van der Waals surface area contributed by atoms with Crippen molar-refractivity contribution in [2.75, 3.05) is 13.1 Å². The van der Waals surface area contributed by atoms with Crippen molar-refractivity contribution in [1.82, 2.24) is 10.2 Å². The van der Waals surface area contributed by atoms with Crippen molar-refractivity contribution in [2.24, 2.45) is 5.92 Å². The van der Waals surface area contributed by atoms with Crippen LogP contribution in [0.3, 0.4) is 0 Å². The highest BCUT2D eigenvalue weighted by Crippen LogP contribution is 2.27. The molecule has 0 radical (unpaired) electrons. The minimum Gasteiger partial charge on any atom is -0.354 e. The first kappa shape index (κ1) is 14.8. The number of halogens is 1. The number of hydrogen-bond donors (Lipinski definition) is 1. The highest BCUT2D eigenvalue weighted by molar-refractivity contribution is 5.85. The van der Waals surface area contributed by atoms with E-state index in [0.717, 1.165) is 12.8 Å². The number of rotatable bonds is 3. The fourth-order valence-corrected chi connectivity index (χ4v) is 3.28. The lowest BCUT2D eigenvalue weighted by molar-refractivity contribution is -0.135. The van der Waals surface area contributed by atoms with E-state index in [9.17, 15) is 14.0 Å². The van der Waals surface area contributed by atoms with E-state index in [0.29, 0.717) is 18.7 Å². The van der Waals surface area contributed by atoms with Gasteiger partial charge in [0.25, 0.3) is 0 Å². The summed E-state index contributed by atoms with van der Waals surface area (Å²) in [7, 11) is 0. The third-order valence-corrected chi connectivity index (χ3v) is 4.42. The summed E-state index contributed by atoms with van der Waals surface area (Å²) in [4.78, 5) is 25.9. The number of fused-ring (bicyclic) bond motifs is 1. The second-order valence-corrected chi connectivity index (χ2v) is 5.78. The number of nitrogens with zero attached hydrogens (tertiary/aromatic N) is 1. The molecule has 22 heavy (non-hydrogen) atoms. The number of piperidine rings is 1. The molecule has 2 fully saturated rings. The molecule has 2 saturated heterocycles. The Balaban J connectivity index is 1.62. The van der Waals surface area contributed by atoms with Gasteiger partial charge in [-0.1, -0.05) is 30.4 Å². The molecule has 2 heterocycles. The zero-order valence-corrected chi connectivity index (χ0v) is 12.3. The summed E-state index contributed by atoms with van der Waals surface area (Å²) >= 11 is 0. The summed E-state index contributed by atoms with van der Waals surface area (Å²) < 4.78 is 13.5. The van der Waals surface area contributed by atoms with E-state index in [1.165, 1.54) is 6.07 Å². The average molecular weight is 302 g/mol. The molecule has 5 heteroatoms. The van der Waals surface area contributed by atoms with Crippen LogP contribution in [0.15, 0.2) is 30.3 Å². The molecule has 2 atom stereocenters. The van der Waals surface area contributed by atoms with Crippen LogP contribution >= 0.6 is 0 Å². The maximum Gasteiger partial charge on any atom is 0.226 e. The van der Waals surface area contributed by atoms with Crippen LogP contribution in [0.1, 0.15) is 24.8 Å². The molecule has 1 N–H and O–H groups in total. The van der Waals surface area contributed by atoms with Crippen LogP contribution in [0.2, 0.25) is 0 Å². The molecule has 1 aromatic carbocycles. The van der Waals surface area contributed by atoms with Gasteiger partial charge in [-0.25, -0.2) is 4.39 Å². The Morgan fingerprint density at radius 2 is 2.23 bits per heavy atom. The van der Waals surface area contributed by atoms with Gasteiger partial charge in [0.15, 0.2) is 0 Å². The highest BCUT2D eigenvalue weighted by atomic mass is 19.1. The van der Waals surface area contributed by atoms with Crippen LogP contribution in [0.25, 0.3) is 6.08 Å². The van der Waals surface area contributed by atoms with Crippen molar-refractivity contribution in [3.8, 4) is 0 Å². The minimum absolute atomic E-state index is 0.00112. The van der Waals surface area contributed by atoms with E-state index in [1.54, 1.807) is 35.3 Å². The van der Waals surface area contributed by atoms with E-state index >= 15 is 0 Å². The van der Waals surface area contributed by atoms with Gasteiger partial charge in [-0.2, -0.15) is 0 Å². The zero-order chi connectivity index (χ0) is 15.5. The normalized spacial score (nSPS) is 24.4. The number of benzene rings is 1. The van der Waals surface area contributed by atoms with Gasteiger partial charge in [0.1, 0.15) is 5.82 Å².